The van der Waals surface area contributed by atoms with E-state index in [-0.39, 0.29) is 11.8 Å². The van der Waals surface area contributed by atoms with E-state index in [1.54, 1.807) is 4.90 Å². The molecule has 0 spiro atoms. The van der Waals surface area contributed by atoms with E-state index < -0.39 is 5.97 Å². The lowest BCUT2D eigenvalue weighted by Crippen LogP contribution is -2.33. The zero-order valence-electron chi connectivity index (χ0n) is 10.1. The zero-order valence-corrected chi connectivity index (χ0v) is 10.1. The molecule has 1 amide bonds. The first-order chi connectivity index (χ1) is 8.16. The fraction of sp³-hybridized carbons (Fsp3) is 0.833. The lowest BCUT2D eigenvalue weighted by Gasteiger charge is -2.19. The highest BCUT2D eigenvalue weighted by atomic mass is 16.4. The van der Waals surface area contributed by atoms with Crippen LogP contribution in [0.4, 0.5) is 0 Å². The van der Waals surface area contributed by atoms with Crippen molar-refractivity contribution in [3.63, 3.8) is 0 Å². The highest BCUT2D eigenvalue weighted by Gasteiger charge is 2.30. The first-order valence-corrected chi connectivity index (χ1v) is 6.40. The van der Waals surface area contributed by atoms with E-state index in [1.165, 1.54) is 12.8 Å². The summed E-state index contributed by atoms with van der Waals surface area (Å²) in [6.07, 6.45) is 3.61. The van der Waals surface area contributed by atoms with Crippen LogP contribution in [0.3, 0.4) is 0 Å². The summed E-state index contributed by atoms with van der Waals surface area (Å²) in [5.41, 5.74) is 0. The minimum Gasteiger partial charge on any atom is -0.481 e. The Hall–Kier alpha value is -1.10. The summed E-state index contributed by atoms with van der Waals surface area (Å²) >= 11 is 0. The Balaban J connectivity index is 1.71. The van der Waals surface area contributed by atoms with Crippen molar-refractivity contribution in [3.05, 3.63) is 0 Å². The lowest BCUT2D eigenvalue weighted by atomic mass is 10.1. The Labute approximate surface area is 101 Å². The number of nitrogens with zero attached hydrogens (tertiary/aromatic N) is 2. The van der Waals surface area contributed by atoms with Gasteiger partial charge in [0.2, 0.25) is 5.91 Å². The summed E-state index contributed by atoms with van der Waals surface area (Å²) in [5.74, 6) is -1.02. The van der Waals surface area contributed by atoms with Crippen molar-refractivity contribution in [1.29, 1.82) is 0 Å². The van der Waals surface area contributed by atoms with Gasteiger partial charge in [0.25, 0.3) is 0 Å². The number of carbonyl (C=O) groups excluding carboxylic acids is 1. The zero-order chi connectivity index (χ0) is 12.3. The first-order valence-electron chi connectivity index (χ1n) is 6.40. The van der Waals surface area contributed by atoms with Gasteiger partial charge in [-0.05, 0) is 32.4 Å². The monoisotopic (exact) mass is 240 g/mol. The van der Waals surface area contributed by atoms with Gasteiger partial charge in [-0.2, -0.15) is 0 Å². The third-order valence-corrected chi connectivity index (χ3v) is 3.73. The third kappa shape index (κ3) is 3.19. The van der Waals surface area contributed by atoms with Crippen LogP contribution in [-0.4, -0.2) is 59.5 Å². The molecule has 0 aliphatic carbocycles. The highest BCUT2D eigenvalue weighted by molar-refractivity contribution is 5.78. The van der Waals surface area contributed by atoms with Gasteiger partial charge in [0.15, 0.2) is 0 Å². The summed E-state index contributed by atoms with van der Waals surface area (Å²) in [4.78, 5) is 26.7. The molecular formula is C12H20N2O3. The molecular weight excluding hydrogens is 220 g/mol. The minimum absolute atomic E-state index is 0.112. The van der Waals surface area contributed by atoms with Gasteiger partial charge in [0.05, 0.1) is 5.92 Å². The number of carboxylic acids is 1. The fourth-order valence-corrected chi connectivity index (χ4v) is 2.61. The maximum absolute atomic E-state index is 11.9. The standard InChI is InChI=1S/C12H20N2O3/c15-11(4-7-13-5-1-2-6-13)14-8-3-10(9-14)12(16)17/h10H,1-9H2,(H,16,17). The van der Waals surface area contributed by atoms with Crippen LogP contribution in [0, 0.1) is 5.92 Å². The van der Waals surface area contributed by atoms with Gasteiger partial charge in [0.1, 0.15) is 0 Å². The minimum atomic E-state index is -0.778. The molecule has 5 nitrogen and oxygen atoms in total. The molecule has 0 aromatic rings. The van der Waals surface area contributed by atoms with E-state index in [2.05, 4.69) is 4.90 Å². The van der Waals surface area contributed by atoms with E-state index >= 15 is 0 Å². The number of aliphatic carboxylic acids is 1. The van der Waals surface area contributed by atoms with E-state index in [4.69, 9.17) is 5.11 Å². The Bertz CT molecular complexity index is 300. The van der Waals surface area contributed by atoms with Crippen LogP contribution >= 0.6 is 0 Å². The smallest absolute Gasteiger partial charge is 0.308 e. The van der Waals surface area contributed by atoms with Crippen LogP contribution in [0.5, 0.6) is 0 Å². The normalized spacial score (nSPS) is 25.4. The largest absolute Gasteiger partial charge is 0.481 e. The van der Waals surface area contributed by atoms with E-state index in [0.29, 0.717) is 25.9 Å². The average molecular weight is 240 g/mol. The molecule has 5 heteroatoms. The molecule has 2 fully saturated rings. The van der Waals surface area contributed by atoms with Crippen molar-refractivity contribution in [2.24, 2.45) is 5.92 Å². The molecule has 1 N–H and O–H groups in total. The fourth-order valence-electron chi connectivity index (χ4n) is 2.61. The molecule has 2 heterocycles. The topological polar surface area (TPSA) is 60.9 Å². The summed E-state index contributed by atoms with van der Waals surface area (Å²) in [6.45, 7) is 4.03. The van der Waals surface area contributed by atoms with Crippen molar-refractivity contribution in [2.45, 2.75) is 25.7 Å². The van der Waals surface area contributed by atoms with Crippen molar-refractivity contribution in [3.8, 4) is 0 Å². The summed E-state index contributed by atoms with van der Waals surface area (Å²) in [5, 5.41) is 8.87. The second kappa shape index (κ2) is 5.49. The average Bonchev–Trinajstić information content (AvgIpc) is 2.96. The number of hydrogen-bond acceptors (Lipinski definition) is 3. The molecule has 1 unspecified atom stereocenters. The van der Waals surface area contributed by atoms with Crippen LogP contribution in [-0.2, 0) is 9.59 Å². The van der Waals surface area contributed by atoms with Crippen molar-refractivity contribution in [2.75, 3.05) is 32.7 Å². The quantitative estimate of drug-likeness (QED) is 0.773. The molecule has 17 heavy (non-hydrogen) atoms. The van der Waals surface area contributed by atoms with Crippen LogP contribution in [0.2, 0.25) is 0 Å². The molecule has 0 aromatic carbocycles. The Kier molecular flexibility index (Phi) is 3.99. The van der Waals surface area contributed by atoms with Gasteiger partial charge < -0.3 is 14.9 Å². The highest BCUT2D eigenvalue weighted by Crippen LogP contribution is 2.17. The molecule has 0 bridgehead atoms. The first kappa shape index (κ1) is 12.4. The van der Waals surface area contributed by atoms with E-state index in [0.717, 1.165) is 19.6 Å². The summed E-state index contributed by atoms with van der Waals surface area (Å²) in [7, 11) is 0. The van der Waals surface area contributed by atoms with Crippen LogP contribution in [0.25, 0.3) is 0 Å². The SMILES string of the molecule is O=C(O)C1CCN(C(=O)CCN2CCCC2)C1. The van der Waals surface area contributed by atoms with Crippen LogP contribution in [0.15, 0.2) is 0 Å². The molecule has 2 aliphatic rings. The number of carbonyl (C=O) groups is 2. The Morgan fingerprint density at radius 1 is 1.18 bits per heavy atom. The Morgan fingerprint density at radius 3 is 2.47 bits per heavy atom. The van der Waals surface area contributed by atoms with E-state index in [1.807, 2.05) is 0 Å². The van der Waals surface area contributed by atoms with Gasteiger partial charge in [0, 0.05) is 26.1 Å². The second-order valence-electron chi connectivity index (χ2n) is 4.96. The number of rotatable bonds is 4. The summed E-state index contributed by atoms with van der Waals surface area (Å²) < 4.78 is 0. The third-order valence-electron chi connectivity index (χ3n) is 3.73. The molecule has 0 aromatic heterocycles. The lowest BCUT2D eigenvalue weighted by molar-refractivity contribution is -0.141. The van der Waals surface area contributed by atoms with E-state index in [9.17, 15) is 9.59 Å². The van der Waals surface area contributed by atoms with Gasteiger partial charge in [-0.3, -0.25) is 9.59 Å². The van der Waals surface area contributed by atoms with Crippen molar-refractivity contribution in [1.82, 2.24) is 9.80 Å². The predicted octanol–water partition coefficient (Wildman–Crippen LogP) is 0.405. The van der Waals surface area contributed by atoms with Gasteiger partial charge >= 0.3 is 5.97 Å². The molecule has 0 saturated carbocycles. The maximum atomic E-state index is 11.9. The van der Waals surface area contributed by atoms with Crippen molar-refractivity contribution < 1.29 is 14.7 Å². The maximum Gasteiger partial charge on any atom is 0.308 e. The van der Waals surface area contributed by atoms with Crippen LogP contribution < -0.4 is 0 Å². The van der Waals surface area contributed by atoms with Crippen molar-refractivity contribution >= 4 is 11.9 Å². The van der Waals surface area contributed by atoms with Gasteiger partial charge in [-0.1, -0.05) is 0 Å². The molecule has 1 atom stereocenters. The van der Waals surface area contributed by atoms with Gasteiger partial charge in [-0.15, -0.1) is 0 Å². The number of hydrogen-bond donors (Lipinski definition) is 1. The molecule has 2 rings (SSSR count). The number of amides is 1. The Morgan fingerprint density at radius 2 is 1.88 bits per heavy atom. The molecule has 0 radical (unpaired) electrons. The molecule has 2 saturated heterocycles. The number of carboxylic acid groups (broad SMARTS) is 1. The second-order valence-corrected chi connectivity index (χ2v) is 4.96. The molecule has 2 aliphatic heterocycles. The van der Waals surface area contributed by atoms with Crippen LogP contribution in [0.1, 0.15) is 25.7 Å². The number of likely N-dealkylation sites (tertiary alicyclic amines) is 2. The molecule has 96 valence electrons. The summed E-state index contributed by atoms with van der Waals surface area (Å²) in [6, 6.07) is 0. The predicted molar refractivity (Wildman–Crippen MR) is 62.6 cm³/mol. The van der Waals surface area contributed by atoms with Gasteiger partial charge in [-0.25, -0.2) is 0 Å².